The molecule has 1 aliphatic heterocycles. The molecule has 1 fully saturated rings. The predicted octanol–water partition coefficient (Wildman–Crippen LogP) is 4.57. The van der Waals surface area contributed by atoms with Crippen LogP contribution in [0.2, 0.25) is 0 Å². The van der Waals surface area contributed by atoms with Crippen LogP contribution in [-0.4, -0.2) is 46.8 Å². The number of hydrogen-bond donors (Lipinski definition) is 1. The first-order valence-electron chi connectivity index (χ1n) is 8.78. The van der Waals surface area contributed by atoms with Crippen LogP contribution in [0.1, 0.15) is 11.3 Å². The fraction of sp³-hybridized carbons (Fsp3) is 0.316. The monoisotopic (exact) mass is 409 g/mol. The maximum atomic E-state index is 13.7. The number of amides is 1. The van der Waals surface area contributed by atoms with Crippen molar-refractivity contribution in [3.05, 3.63) is 52.3 Å². The van der Waals surface area contributed by atoms with Crippen molar-refractivity contribution in [2.45, 2.75) is 12.7 Å². The number of hydrogen-bond acceptors (Lipinski definition) is 3. The van der Waals surface area contributed by atoms with Crippen LogP contribution in [0.15, 0.2) is 41.1 Å². The molecule has 1 amide bonds. The first-order valence-corrected chi connectivity index (χ1v) is 9.72. The SMILES string of the molecule is O=C(O)N1CCN(c2cccc3c2cc(C(F)(F)F)n3Cc2ccsc2)CC1. The molecule has 2 aromatic heterocycles. The lowest BCUT2D eigenvalue weighted by Crippen LogP contribution is -2.48. The summed E-state index contributed by atoms with van der Waals surface area (Å²) in [4.78, 5) is 14.4. The lowest BCUT2D eigenvalue weighted by Gasteiger charge is -2.35. The van der Waals surface area contributed by atoms with E-state index in [1.165, 1.54) is 26.9 Å². The summed E-state index contributed by atoms with van der Waals surface area (Å²) >= 11 is 1.45. The zero-order valence-electron chi connectivity index (χ0n) is 14.8. The van der Waals surface area contributed by atoms with Gasteiger partial charge in [-0.05, 0) is 40.6 Å². The molecule has 0 spiro atoms. The number of carbonyl (C=O) groups is 1. The van der Waals surface area contributed by atoms with Gasteiger partial charge in [-0.1, -0.05) is 6.07 Å². The van der Waals surface area contributed by atoms with Gasteiger partial charge in [-0.15, -0.1) is 0 Å². The Hall–Kier alpha value is -2.68. The Bertz CT molecular complexity index is 990. The predicted molar refractivity (Wildman–Crippen MR) is 102 cm³/mol. The molecule has 0 aliphatic carbocycles. The molecule has 28 heavy (non-hydrogen) atoms. The summed E-state index contributed by atoms with van der Waals surface area (Å²) in [6, 6.07) is 8.29. The standard InChI is InChI=1S/C19H18F3N3O2S/c20-19(21,22)17-10-14-15(23-5-7-24(8-6-23)18(26)27)2-1-3-16(14)25(17)11-13-4-9-28-12-13/h1-4,9-10,12H,5-8,11H2,(H,26,27). The van der Waals surface area contributed by atoms with Crippen molar-refractivity contribution in [2.75, 3.05) is 31.1 Å². The van der Waals surface area contributed by atoms with Gasteiger partial charge in [0.05, 0.1) is 5.52 Å². The van der Waals surface area contributed by atoms with Gasteiger partial charge in [-0.2, -0.15) is 24.5 Å². The number of thiophene rings is 1. The number of alkyl halides is 3. The fourth-order valence-electron chi connectivity index (χ4n) is 3.65. The van der Waals surface area contributed by atoms with Crippen LogP contribution < -0.4 is 4.90 Å². The van der Waals surface area contributed by atoms with Crippen molar-refractivity contribution in [1.29, 1.82) is 0 Å². The summed E-state index contributed by atoms with van der Waals surface area (Å²) in [6.45, 7) is 1.70. The van der Waals surface area contributed by atoms with E-state index in [4.69, 9.17) is 5.11 Å². The van der Waals surface area contributed by atoms with Gasteiger partial charge in [0, 0.05) is 43.8 Å². The van der Waals surface area contributed by atoms with E-state index in [2.05, 4.69) is 0 Å². The van der Waals surface area contributed by atoms with Gasteiger partial charge in [0.2, 0.25) is 0 Å². The number of aromatic nitrogens is 1. The average Bonchev–Trinajstić information content (AvgIpc) is 3.30. The summed E-state index contributed by atoms with van der Waals surface area (Å²) in [6.07, 6.45) is -5.44. The molecule has 9 heteroatoms. The van der Waals surface area contributed by atoms with Gasteiger partial charge in [-0.3, -0.25) is 0 Å². The van der Waals surface area contributed by atoms with Crippen molar-refractivity contribution in [3.63, 3.8) is 0 Å². The Labute approximate surface area is 163 Å². The third-order valence-corrected chi connectivity index (χ3v) is 5.76. The number of fused-ring (bicyclic) bond motifs is 1. The highest BCUT2D eigenvalue weighted by molar-refractivity contribution is 7.07. The zero-order chi connectivity index (χ0) is 19.9. The average molecular weight is 409 g/mol. The van der Waals surface area contributed by atoms with E-state index in [0.29, 0.717) is 42.8 Å². The molecule has 4 rings (SSSR count). The highest BCUT2D eigenvalue weighted by Crippen LogP contribution is 2.38. The van der Waals surface area contributed by atoms with Crippen LogP contribution in [0.3, 0.4) is 0 Å². The quantitative estimate of drug-likeness (QED) is 0.690. The first-order chi connectivity index (χ1) is 13.3. The molecule has 1 aliphatic rings. The van der Waals surface area contributed by atoms with Crippen LogP contribution in [0.25, 0.3) is 10.9 Å². The maximum absolute atomic E-state index is 13.7. The number of benzene rings is 1. The highest BCUT2D eigenvalue weighted by atomic mass is 32.1. The van der Waals surface area contributed by atoms with E-state index in [1.807, 2.05) is 21.7 Å². The minimum Gasteiger partial charge on any atom is -0.465 e. The lowest BCUT2D eigenvalue weighted by atomic mass is 10.1. The summed E-state index contributed by atoms with van der Waals surface area (Å²) < 4.78 is 42.5. The number of nitrogens with zero attached hydrogens (tertiary/aromatic N) is 3. The Morgan fingerprint density at radius 3 is 2.50 bits per heavy atom. The summed E-state index contributed by atoms with van der Waals surface area (Å²) in [7, 11) is 0. The molecule has 1 N–H and O–H groups in total. The fourth-order valence-corrected chi connectivity index (χ4v) is 4.31. The molecule has 5 nitrogen and oxygen atoms in total. The number of anilines is 1. The molecule has 0 unspecified atom stereocenters. The molecule has 0 bridgehead atoms. The molecular weight excluding hydrogens is 391 g/mol. The van der Waals surface area contributed by atoms with Gasteiger partial charge in [0.15, 0.2) is 0 Å². The maximum Gasteiger partial charge on any atom is 0.431 e. The number of rotatable bonds is 3. The van der Waals surface area contributed by atoms with Crippen LogP contribution in [0.4, 0.5) is 23.7 Å². The Morgan fingerprint density at radius 1 is 1.14 bits per heavy atom. The van der Waals surface area contributed by atoms with Crippen molar-refractivity contribution < 1.29 is 23.1 Å². The Kier molecular flexibility index (Phi) is 4.70. The first kappa shape index (κ1) is 18.7. The topological polar surface area (TPSA) is 48.7 Å². The minimum atomic E-state index is -4.46. The highest BCUT2D eigenvalue weighted by Gasteiger charge is 2.36. The largest absolute Gasteiger partial charge is 0.465 e. The lowest BCUT2D eigenvalue weighted by molar-refractivity contribution is -0.143. The van der Waals surface area contributed by atoms with Gasteiger partial charge >= 0.3 is 12.3 Å². The second kappa shape index (κ2) is 7.05. The molecule has 3 heterocycles. The molecule has 0 radical (unpaired) electrons. The third-order valence-electron chi connectivity index (χ3n) is 5.02. The van der Waals surface area contributed by atoms with Gasteiger partial charge in [0.1, 0.15) is 5.69 Å². The van der Waals surface area contributed by atoms with Crippen molar-refractivity contribution in [1.82, 2.24) is 9.47 Å². The molecule has 148 valence electrons. The summed E-state index contributed by atoms with van der Waals surface area (Å²) in [5, 5.41) is 13.3. The van der Waals surface area contributed by atoms with Crippen molar-refractivity contribution in [2.24, 2.45) is 0 Å². The molecule has 3 aromatic rings. The summed E-state index contributed by atoms with van der Waals surface area (Å²) in [5.74, 6) is 0. The van der Waals surface area contributed by atoms with E-state index >= 15 is 0 Å². The van der Waals surface area contributed by atoms with E-state index in [9.17, 15) is 18.0 Å². The van der Waals surface area contributed by atoms with E-state index < -0.39 is 18.0 Å². The van der Waals surface area contributed by atoms with Crippen LogP contribution >= 0.6 is 11.3 Å². The zero-order valence-corrected chi connectivity index (χ0v) is 15.6. The van der Waals surface area contributed by atoms with E-state index in [-0.39, 0.29) is 6.54 Å². The van der Waals surface area contributed by atoms with Crippen LogP contribution in [-0.2, 0) is 12.7 Å². The van der Waals surface area contributed by atoms with Gasteiger partial charge < -0.3 is 19.5 Å². The Balaban J connectivity index is 1.76. The Morgan fingerprint density at radius 2 is 1.89 bits per heavy atom. The summed E-state index contributed by atoms with van der Waals surface area (Å²) in [5.41, 5.74) is 1.38. The minimum absolute atomic E-state index is 0.151. The van der Waals surface area contributed by atoms with E-state index in [1.54, 1.807) is 18.2 Å². The number of piperazine rings is 1. The van der Waals surface area contributed by atoms with Crippen LogP contribution in [0, 0.1) is 0 Å². The van der Waals surface area contributed by atoms with E-state index in [0.717, 1.165) is 5.56 Å². The molecular formula is C19H18F3N3O2S. The van der Waals surface area contributed by atoms with Crippen molar-refractivity contribution >= 4 is 34.0 Å². The molecule has 0 atom stereocenters. The second-order valence-electron chi connectivity index (χ2n) is 6.71. The van der Waals surface area contributed by atoms with Crippen LogP contribution in [0.5, 0.6) is 0 Å². The molecule has 1 saturated heterocycles. The van der Waals surface area contributed by atoms with Gasteiger partial charge in [0.25, 0.3) is 0 Å². The number of carboxylic acid groups (broad SMARTS) is 1. The third kappa shape index (κ3) is 3.42. The normalized spacial score (nSPS) is 15.4. The smallest absolute Gasteiger partial charge is 0.431 e. The van der Waals surface area contributed by atoms with Gasteiger partial charge in [-0.25, -0.2) is 4.79 Å². The van der Waals surface area contributed by atoms with Crippen molar-refractivity contribution in [3.8, 4) is 0 Å². The molecule has 0 saturated carbocycles. The number of halogens is 3. The molecule has 1 aromatic carbocycles. The second-order valence-corrected chi connectivity index (χ2v) is 7.49.